The maximum Gasteiger partial charge on any atom is 0.303 e. The Kier molecular flexibility index (Phi) is 3.49. The predicted octanol–water partition coefficient (Wildman–Crippen LogP) is -0.178. The van der Waals surface area contributed by atoms with Crippen LogP contribution in [0.1, 0.15) is 19.3 Å². The van der Waals surface area contributed by atoms with Crippen molar-refractivity contribution in [1.29, 1.82) is 0 Å². The zero-order valence-corrected chi connectivity index (χ0v) is 6.99. The number of nitrogens with one attached hydrogen (secondary N) is 1. The number of aliphatic carboxylic acids is 1. The fourth-order valence-corrected chi connectivity index (χ4v) is 1.54. The van der Waals surface area contributed by atoms with Gasteiger partial charge < -0.3 is 15.5 Å². The number of carboxylic acids is 1. The van der Waals surface area contributed by atoms with E-state index in [0.29, 0.717) is 13.0 Å². The van der Waals surface area contributed by atoms with Crippen LogP contribution in [0, 0.1) is 5.92 Å². The van der Waals surface area contributed by atoms with E-state index in [2.05, 4.69) is 5.32 Å². The summed E-state index contributed by atoms with van der Waals surface area (Å²) in [6.07, 6.45) is 1.28. The first-order valence-corrected chi connectivity index (χ1v) is 4.30. The second-order valence-corrected chi connectivity index (χ2v) is 3.25. The molecule has 0 aromatic carbocycles. The number of aliphatic hydroxyl groups excluding tert-OH is 1. The molecule has 0 saturated carbocycles. The van der Waals surface area contributed by atoms with Crippen LogP contribution in [0.5, 0.6) is 0 Å². The molecule has 0 aliphatic carbocycles. The Hall–Kier alpha value is -0.610. The van der Waals surface area contributed by atoms with Gasteiger partial charge in [0.05, 0.1) is 6.10 Å². The van der Waals surface area contributed by atoms with Gasteiger partial charge in [-0.1, -0.05) is 0 Å². The van der Waals surface area contributed by atoms with Gasteiger partial charge in [-0.2, -0.15) is 0 Å². The van der Waals surface area contributed by atoms with E-state index < -0.39 is 5.97 Å². The average Bonchev–Trinajstić information content (AvgIpc) is 2.03. The van der Waals surface area contributed by atoms with E-state index >= 15 is 0 Å². The molecular formula is C8H15NO3. The Morgan fingerprint density at radius 2 is 2.33 bits per heavy atom. The van der Waals surface area contributed by atoms with E-state index in [-0.39, 0.29) is 18.4 Å². The molecule has 1 aliphatic rings. The molecule has 3 N–H and O–H groups in total. The first-order chi connectivity index (χ1) is 5.70. The smallest absolute Gasteiger partial charge is 0.303 e. The lowest BCUT2D eigenvalue weighted by molar-refractivity contribution is -0.137. The van der Waals surface area contributed by atoms with Gasteiger partial charge in [-0.3, -0.25) is 4.79 Å². The second kappa shape index (κ2) is 4.42. The molecule has 4 nitrogen and oxygen atoms in total. The number of hydrogen-bond donors (Lipinski definition) is 3. The van der Waals surface area contributed by atoms with Gasteiger partial charge in [0, 0.05) is 13.0 Å². The van der Waals surface area contributed by atoms with E-state index in [1.54, 1.807) is 0 Å². The third-order valence-corrected chi connectivity index (χ3v) is 2.32. The Morgan fingerprint density at radius 1 is 1.58 bits per heavy atom. The van der Waals surface area contributed by atoms with Gasteiger partial charge in [-0.05, 0) is 25.3 Å². The molecule has 0 aromatic rings. The fourth-order valence-electron chi connectivity index (χ4n) is 1.54. The molecular weight excluding hydrogens is 158 g/mol. The fraction of sp³-hybridized carbons (Fsp3) is 0.875. The molecule has 0 bridgehead atoms. The maximum atomic E-state index is 10.3. The number of piperidine rings is 1. The highest BCUT2D eigenvalue weighted by Gasteiger charge is 2.22. The molecule has 1 rings (SSSR count). The van der Waals surface area contributed by atoms with Crippen molar-refractivity contribution in [1.82, 2.24) is 5.32 Å². The molecule has 0 radical (unpaired) electrons. The largest absolute Gasteiger partial charge is 0.481 e. The summed E-state index contributed by atoms with van der Waals surface area (Å²) < 4.78 is 0. The minimum atomic E-state index is -0.777. The molecule has 12 heavy (non-hydrogen) atoms. The highest BCUT2D eigenvalue weighted by atomic mass is 16.4. The summed E-state index contributed by atoms with van der Waals surface area (Å²) in [5.41, 5.74) is 0. The molecule has 70 valence electrons. The summed E-state index contributed by atoms with van der Waals surface area (Å²) in [7, 11) is 0. The van der Waals surface area contributed by atoms with Crippen LogP contribution in [0.4, 0.5) is 0 Å². The van der Waals surface area contributed by atoms with Crippen molar-refractivity contribution < 1.29 is 15.0 Å². The lowest BCUT2D eigenvalue weighted by Gasteiger charge is -2.27. The molecule has 0 amide bonds. The first-order valence-electron chi connectivity index (χ1n) is 4.30. The van der Waals surface area contributed by atoms with Crippen molar-refractivity contribution >= 4 is 5.97 Å². The number of hydrogen-bond acceptors (Lipinski definition) is 3. The number of carboxylic acid groups (broad SMARTS) is 1. The van der Waals surface area contributed by atoms with Gasteiger partial charge in [0.25, 0.3) is 0 Å². The van der Waals surface area contributed by atoms with Gasteiger partial charge in [-0.15, -0.1) is 0 Å². The van der Waals surface area contributed by atoms with Crippen molar-refractivity contribution in [2.75, 3.05) is 13.1 Å². The number of aliphatic hydroxyl groups is 1. The average molecular weight is 173 g/mol. The van der Waals surface area contributed by atoms with Gasteiger partial charge >= 0.3 is 5.97 Å². The number of rotatable bonds is 3. The first kappa shape index (κ1) is 9.48. The van der Waals surface area contributed by atoms with Crippen LogP contribution in [0.15, 0.2) is 0 Å². The van der Waals surface area contributed by atoms with Crippen molar-refractivity contribution in [3.05, 3.63) is 0 Å². The topological polar surface area (TPSA) is 69.6 Å². The third-order valence-electron chi connectivity index (χ3n) is 2.32. The van der Waals surface area contributed by atoms with E-state index in [0.717, 1.165) is 13.0 Å². The van der Waals surface area contributed by atoms with Crippen LogP contribution < -0.4 is 5.32 Å². The Balaban J connectivity index is 2.24. The van der Waals surface area contributed by atoms with Crippen molar-refractivity contribution in [3.8, 4) is 0 Å². The molecule has 1 heterocycles. The summed E-state index contributed by atoms with van der Waals surface area (Å²) in [4.78, 5) is 10.3. The van der Waals surface area contributed by atoms with Crippen LogP contribution in [-0.2, 0) is 4.79 Å². The van der Waals surface area contributed by atoms with Crippen molar-refractivity contribution in [2.45, 2.75) is 25.4 Å². The van der Waals surface area contributed by atoms with E-state index in [1.807, 2.05) is 0 Å². The number of carbonyl (C=O) groups is 1. The van der Waals surface area contributed by atoms with Gasteiger partial charge in [0.15, 0.2) is 0 Å². The normalized spacial score (nSPS) is 30.1. The molecule has 1 aliphatic heterocycles. The van der Waals surface area contributed by atoms with Crippen LogP contribution in [0.25, 0.3) is 0 Å². The van der Waals surface area contributed by atoms with Crippen LogP contribution in [0.2, 0.25) is 0 Å². The Labute approximate surface area is 71.6 Å². The summed E-state index contributed by atoms with van der Waals surface area (Å²) in [5, 5.41) is 20.9. The minimum Gasteiger partial charge on any atom is -0.481 e. The highest BCUT2D eigenvalue weighted by Crippen LogP contribution is 2.18. The predicted molar refractivity (Wildman–Crippen MR) is 43.9 cm³/mol. The molecule has 0 aromatic heterocycles. The molecule has 1 fully saturated rings. The lowest BCUT2D eigenvalue weighted by Crippen LogP contribution is -2.40. The van der Waals surface area contributed by atoms with Crippen molar-refractivity contribution in [3.63, 3.8) is 0 Å². The van der Waals surface area contributed by atoms with Gasteiger partial charge in [-0.25, -0.2) is 0 Å². The van der Waals surface area contributed by atoms with Gasteiger partial charge in [0.2, 0.25) is 0 Å². The van der Waals surface area contributed by atoms with Crippen molar-refractivity contribution in [2.24, 2.45) is 5.92 Å². The zero-order valence-electron chi connectivity index (χ0n) is 6.99. The second-order valence-electron chi connectivity index (χ2n) is 3.25. The summed E-state index contributed by atoms with van der Waals surface area (Å²) in [6, 6.07) is 0. The Morgan fingerprint density at radius 3 is 2.92 bits per heavy atom. The highest BCUT2D eigenvalue weighted by molar-refractivity contribution is 5.66. The lowest BCUT2D eigenvalue weighted by atomic mass is 9.91. The minimum absolute atomic E-state index is 0.168. The SMILES string of the molecule is O=C(O)CCC1CCNCC1O. The third kappa shape index (κ3) is 2.79. The van der Waals surface area contributed by atoms with Crippen LogP contribution in [-0.4, -0.2) is 35.4 Å². The molecule has 2 atom stereocenters. The van der Waals surface area contributed by atoms with E-state index in [9.17, 15) is 9.90 Å². The molecule has 4 heteroatoms. The molecule has 1 saturated heterocycles. The van der Waals surface area contributed by atoms with E-state index in [4.69, 9.17) is 5.11 Å². The summed E-state index contributed by atoms with van der Waals surface area (Å²) >= 11 is 0. The van der Waals surface area contributed by atoms with Gasteiger partial charge in [0.1, 0.15) is 0 Å². The molecule has 2 unspecified atom stereocenters. The van der Waals surface area contributed by atoms with Crippen LogP contribution in [0.3, 0.4) is 0 Å². The standard InChI is InChI=1S/C8H15NO3/c10-7-5-9-4-3-6(7)1-2-8(11)12/h6-7,9-10H,1-5H2,(H,11,12). The quantitative estimate of drug-likeness (QED) is 0.554. The summed E-state index contributed by atoms with van der Waals surface area (Å²) in [6.45, 7) is 1.49. The maximum absolute atomic E-state index is 10.3. The van der Waals surface area contributed by atoms with Crippen LogP contribution >= 0.6 is 0 Å². The Bertz CT molecular complexity index is 160. The summed E-state index contributed by atoms with van der Waals surface area (Å²) in [5.74, 6) is -0.608. The van der Waals surface area contributed by atoms with E-state index in [1.165, 1.54) is 0 Å². The monoisotopic (exact) mass is 173 g/mol. The molecule has 0 spiro atoms. The zero-order chi connectivity index (χ0) is 8.97. The number of β-amino-alcohol motifs (C(OH)–C–C–N with tert-alkyl or cyclic N) is 1.